The monoisotopic (exact) mass is 423 g/mol. The fraction of sp³-hybridized carbons (Fsp3) is 0.300. The van der Waals surface area contributed by atoms with Gasteiger partial charge in [0.05, 0.1) is 22.8 Å². The quantitative estimate of drug-likeness (QED) is 0.490. The Kier molecular flexibility index (Phi) is 7.72. The summed E-state index contributed by atoms with van der Waals surface area (Å²) in [4.78, 5) is 23.8. The number of rotatable bonds is 9. The minimum atomic E-state index is -4.08. The topological polar surface area (TPSA) is 98.8 Å². The lowest BCUT2D eigenvalue weighted by molar-refractivity contribution is -0.147. The molecule has 0 saturated heterocycles. The van der Waals surface area contributed by atoms with Crippen LogP contribution in [-0.2, 0) is 24.3 Å². The average molecular weight is 423 g/mol. The molecular formula is C20H22FNO6S. The minimum absolute atomic E-state index is 0.0272. The normalized spacial score (nSPS) is 11.0. The number of para-hydroxylation sites is 1. The number of hydrogen-bond acceptors (Lipinski definition) is 6. The molecule has 2 rings (SSSR count). The van der Waals surface area contributed by atoms with Crippen molar-refractivity contribution in [3.05, 3.63) is 59.4 Å². The van der Waals surface area contributed by atoms with E-state index < -0.39 is 34.4 Å². The van der Waals surface area contributed by atoms with E-state index in [1.807, 2.05) is 6.92 Å². The van der Waals surface area contributed by atoms with E-state index in [2.05, 4.69) is 4.72 Å². The number of hydrogen-bond donors (Lipinski definition) is 1. The van der Waals surface area contributed by atoms with Crippen molar-refractivity contribution in [2.45, 2.75) is 31.6 Å². The Balaban J connectivity index is 2.13. The van der Waals surface area contributed by atoms with Gasteiger partial charge < -0.3 is 9.47 Å². The number of carbonyl (C=O) groups excluding carboxylic acids is 2. The Bertz CT molecular complexity index is 990. The van der Waals surface area contributed by atoms with E-state index in [9.17, 15) is 22.4 Å². The number of ether oxygens (including phenoxy) is 2. The maximum atomic E-state index is 13.3. The fourth-order valence-corrected chi connectivity index (χ4v) is 3.75. The predicted molar refractivity (Wildman–Crippen MR) is 105 cm³/mol. The van der Waals surface area contributed by atoms with E-state index in [1.54, 1.807) is 0 Å². The average Bonchev–Trinajstić information content (AvgIpc) is 2.66. The molecule has 0 aromatic heterocycles. The summed E-state index contributed by atoms with van der Waals surface area (Å²) in [6, 6.07) is 9.07. The van der Waals surface area contributed by atoms with Crippen LogP contribution < -0.4 is 4.72 Å². The van der Waals surface area contributed by atoms with Crippen molar-refractivity contribution in [2.24, 2.45) is 0 Å². The number of carbonyl (C=O) groups is 2. The van der Waals surface area contributed by atoms with Gasteiger partial charge in [-0.1, -0.05) is 25.5 Å². The summed E-state index contributed by atoms with van der Waals surface area (Å²) in [5, 5.41) is 0. The van der Waals surface area contributed by atoms with Crippen molar-refractivity contribution in [1.82, 2.24) is 0 Å². The van der Waals surface area contributed by atoms with Crippen molar-refractivity contribution in [3.63, 3.8) is 0 Å². The number of halogens is 1. The molecule has 0 unspecified atom stereocenters. The van der Waals surface area contributed by atoms with E-state index in [1.165, 1.54) is 31.2 Å². The van der Waals surface area contributed by atoms with Gasteiger partial charge >= 0.3 is 11.9 Å². The Morgan fingerprint density at radius 1 is 1.10 bits per heavy atom. The second kappa shape index (κ2) is 10.0. The second-order valence-corrected chi connectivity index (χ2v) is 7.86. The number of sulfonamides is 1. The SMILES string of the molecule is CCCCOC(=O)COC(=O)c1ccccc1NS(=O)(=O)c1ccc(F)cc1C. The van der Waals surface area contributed by atoms with Gasteiger partial charge in [0, 0.05) is 0 Å². The molecule has 29 heavy (non-hydrogen) atoms. The molecule has 0 spiro atoms. The molecule has 2 aromatic rings. The zero-order valence-electron chi connectivity index (χ0n) is 16.1. The molecule has 0 aliphatic heterocycles. The molecule has 0 amide bonds. The van der Waals surface area contributed by atoms with Crippen LogP contribution in [0.2, 0.25) is 0 Å². The largest absolute Gasteiger partial charge is 0.463 e. The third-order valence-electron chi connectivity index (χ3n) is 3.90. The molecule has 0 bridgehead atoms. The Morgan fingerprint density at radius 2 is 1.83 bits per heavy atom. The smallest absolute Gasteiger partial charge is 0.344 e. The molecule has 0 saturated carbocycles. The van der Waals surface area contributed by atoms with Crippen LogP contribution in [0.3, 0.4) is 0 Å². The summed E-state index contributed by atoms with van der Waals surface area (Å²) >= 11 is 0. The van der Waals surface area contributed by atoms with Gasteiger partial charge in [-0.2, -0.15) is 0 Å². The Labute approximate surface area is 168 Å². The van der Waals surface area contributed by atoms with Gasteiger partial charge in [0.25, 0.3) is 10.0 Å². The molecule has 0 heterocycles. The fourth-order valence-electron chi connectivity index (χ4n) is 2.44. The summed E-state index contributed by atoms with van der Waals surface area (Å²) in [6.07, 6.45) is 1.56. The summed E-state index contributed by atoms with van der Waals surface area (Å²) in [5.41, 5.74) is 0.116. The van der Waals surface area contributed by atoms with Crippen molar-refractivity contribution in [3.8, 4) is 0 Å². The van der Waals surface area contributed by atoms with Gasteiger partial charge in [-0.15, -0.1) is 0 Å². The third kappa shape index (κ3) is 6.28. The van der Waals surface area contributed by atoms with Crippen LogP contribution in [0.5, 0.6) is 0 Å². The highest BCUT2D eigenvalue weighted by Gasteiger charge is 2.21. The summed E-state index contributed by atoms with van der Waals surface area (Å²) in [6.45, 7) is 3.06. The lowest BCUT2D eigenvalue weighted by atomic mass is 10.2. The molecule has 0 radical (unpaired) electrons. The van der Waals surface area contributed by atoms with Gasteiger partial charge in [-0.25, -0.2) is 22.4 Å². The second-order valence-electron chi connectivity index (χ2n) is 6.21. The zero-order chi connectivity index (χ0) is 21.4. The van der Waals surface area contributed by atoms with Gasteiger partial charge in [0.2, 0.25) is 0 Å². The molecule has 2 aromatic carbocycles. The summed E-state index contributed by atoms with van der Waals surface area (Å²) in [5.74, 6) is -2.13. The molecule has 1 N–H and O–H groups in total. The Hall–Kier alpha value is -2.94. The first kappa shape index (κ1) is 22.4. The highest BCUT2D eigenvalue weighted by molar-refractivity contribution is 7.92. The Morgan fingerprint density at radius 3 is 2.52 bits per heavy atom. The number of benzene rings is 2. The summed E-state index contributed by atoms with van der Waals surface area (Å²) < 4.78 is 50.7. The molecular weight excluding hydrogens is 401 g/mol. The number of aryl methyl sites for hydroxylation is 1. The first-order chi connectivity index (χ1) is 13.7. The van der Waals surface area contributed by atoms with Crippen LogP contribution in [0.4, 0.5) is 10.1 Å². The van der Waals surface area contributed by atoms with Crippen LogP contribution in [-0.4, -0.2) is 33.6 Å². The van der Waals surface area contributed by atoms with E-state index in [0.717, 1.165) is 24.6 Å². The molecule has 0 fully saturated rings. The molecule has 0 atom stereocenters. The highest BCUT2D eigenvalue weighted by Crippen LogP contribution is 2.23. The number of unbranched alkanes of at least 4 members (excludes halogenated alkanes) is 1. The van der Waals surface area contributed by atoms with Crippen LogP contribution in [0.25, 0.3) is 0 Å². The van der Waals surface area contributed by atoms with Crippen molar-refractivity contribution < 1.29 is 31.9 Å². The molecule has 156 valence electrons. The summed E-state index contributed by atoms with van der Waals surface area (Å²) in [7, 11) is -4.08. The van der Waals surface area contributed by atoms with Gasteiger partial charge in [0.1, 0.15) is 5.82 Å². The van der Waals surface area contributed by atoms with E-state index in [-0.39, 0.29) is 28.3 Å². The molecule has 9 heteroatoms. The van der Waals surface area contributed by atoms with Gasteiger partial charge in [-0.3, -0.25) is 4.72 Å². The van der Waals surface area contributed by atoms with Crippen LogP contribution in [0.15, 0.2) is 47.4 Å². The van der Waals surface area contributed by atoms with Crippen LogP contribution in [0.1, 0.15) is 35.7 Å². The maximum absolute atomic E-state index is 13.3. The predicted octanol–water partition coefficient (Wildman–Crippen LogP) is 3.44. The van der Waals surface area contributed by atoms with Crippen LogP contribution >= 0.6 is 0 Å². The number of nitrogens with one attached hydrogen (secondary N) is 1. The maximum Gasteiger partial charge on any atom is 0.344 e. The van der Waals surface area contributed by atoms with E-state index in [4.69, 9.17) is 9.47 Å². The lowest BCUT2D eigenvalue weighted by Crippen LogP contribution is -2.20. The molecule has 0 aliphatic rings. The van der Waals surface area contributed by atoms with Crippen molar-refractivity contribution in [1.29, 1.82) is 0 Å². The van der Waals surface area contributed by atoms with Crippen molar-refractivity contribution in [2.75, 3.05) is 17.9 Å². The standard InChI is InChI=1S/C20H22FNO6S/c1-3-4-11-27-19(23)13-28-20(24)16-7-5-6-8-17(16)22-29(25,26)18-10-9-15(21)12-14(18)2/h5-10,12,22H,3-4,11,13H2,1-2H3. The van der Waals surface area contributed by atoms with E-state index in [0.29, 0.717) is 6.42 Å². The zero-order valence-corrected chi connectivity index (χ0v) is 16.9. The highest BCUT2D eigenvalue weighted by atomic mass is 32.2. The van der Waals surface area contributed by atoms with E-state index >= 15 is 0 Å². The minimum Gasteiger partial charge on any atom is -0.463 e. The first-order valence-electron chi connectivity index (χ1n) is 8.95. The van der Waals surface area contributed by atoms with Gasteiger partial charge in [-0.05, 0) is 49.2 Å². The van der Waals surface area contributed by atoms with Gasteiger partial charge in [0.15, 0.2) is 6.61 Å². The number of esters is 2. The molecule has 7 nitrogen and oxygen atoms in total. The number of anilines is 1. The molecule has 0 aliphatic carbocycles. The lowest BCUT2D eigenvalue weighted by Gasteiger charge is -2.13. The van der Waals surface area contributed by atoms with Crippen molar-refractivity contribution >= 4 is 27.6 Å². The van der Waals surface area contributed by atoms with Crippen LogP contribution in [0, 0.1) is 12.7 Å². The first-order valence-corrected chi connectivity index (χ1v) is 10.4. The third-order valence-corrected chi connectivity index (χ3v) is 5.43.